The average Bonchev–Trinajstić information content (AvgIpc) is 4.00. The Hall–Kier alpha value is -7.17. The monoisotopic (exact) mass is 810 g/mol. The van der Waals surface area contributed by atoms with Crippen molar-refractivity contribution in [2.24, 2.45) is 0 Å². The zero-order chi connectivity index (χ0) is 43.5. The Balaban J connectivity index is 1.11. The van der Waals surface area contributed by atoms with Gasteiger partial charge in [-0.25, -0.2) is 0 Å². The summed E-state index contributed by atoms with van der Waals surface area (Å²) < 4.78 is 11.5. The third-order valence-corrected chi connectivity index (χ3v) is 14.6. The van der Waals surface area contributed by atoms with E-state index in [1.54, 1.807) is 0 Å². The molecule has 9 aromatic carbocycles. The van der Waals surface area contributed by atoms with Gasteiger partial charge in [-0.1, -0.05) is 142 Å². The topological polar surface area (TPSA) is 23.0 Å². The molecule has 0 saturated carbocycles. The average molecular weight is 810 g/mol. The van der Waals surface area contributed by atoms with E-state index in [4.69, 9.17) is 4.42 Å². The molecule has 12 rings (SSSR count). The van der Waals surface area contributed by atoms with E-state index in [2.05, 4.69) is 222 Å². The molecule has 0 unspecified atom stereocenters. The van der Waals surface area contributed by atoms with Gasteiger partial charge in [0, 0.05) is 55.4 Å². The number of para-hydroxylation sites is 1. The van der Waals surface area contributed by atoms with Crippen LogP contribution in [0, 0.1) is 0 Å². The molecular weight excluding hydrogens is 768 g/mol. The molecule has 10 heteroatoms. The van der Waals surface area contributed by atoms with E-state index >= 15 is 0 Å². The van der Waals surface area contributed by atoms with Gasteiger partial charge in [-0.15, -0.1) is 5.46 Å². The second-order valence-electron chi connectivity index (χ2n) is 17.9. The highest BCUT2D eigenvalue weighted by Crippen LogP contribution is 2.39. The molecule has 294 valence electrons. The van der Waals surface area contributed by atoms with Crippen molar-refractivity contribution in [2.45, 2.75) is 0 Å². The normalized spacial score (nSPS) is 11.9. The molecule has 0 aliphatic rings. The smallest absolute Gasteiger partial charge is 0.141 e. The van der Waals surface area contributed by atoms with Crippen molar-refractivity contribution in [1.82, 2.24) is 9.13 Å². The van der Waals surface area contributed by atoms with E-state index < -0.39 is 0 Å². The minimum Gasteiger partial charge on any atom is -0.456 e. The number of benzene rings is 9. The van der Waals surface area contributed by atoms with Crippen LogP contribution in [0.3, 0.4) is 0 Å². The summed E-state index contributed by atoms with van der Waals surface area (Å²) in [7, 11) is 16.2. The van der Waals surface area contributed by atoms with Gasteiger partial charge in [0.05, 0.1) is 11.0 Å². The SMILES string of the molecule is Bc1c(B)c(B)c2c(c1B)c1c(B)c(-c3ccc4c(c3)c3ccc(-c5ccccc5)cc3n4-c3ccc(-c4ccccc4)cc3)c(B)c(B)c1n2-c1ccc2c(c1)oc1ccccc12. The van der Waals surface area contributed by atoms with E-state index in [1.165, 1.54) is 115 Å². The third kappa shape index (κ3) is 5.58. The fraction of sp³-hybridized carbons (Fsp3) is 0. The molecular formula is C54H41B7N2O. The maximum absolute atomic E-state index is 6.50. The van der Waals surface area contributed by atoms with Crippen LogP contribution in [0.25, 0.3) is 110 Å². The van der Waals surface area contributed by atoms with Gasteiger partial charge < -0.3 is 13.6 Å². The van der Waals surface area contributed by atoms with Gasteiger partial charge >= 0.3 is 0 Å². The van der Waals surface area contributed by atoms with E-state index in [0.29, 0.717) is 0 Å². The van der Waals surface area contributed by atoms with Crippen LogP contribution >= 0.6 is 0 Å². The third-order valence-electron chi connectivity index (χ3n) is 14.6. The van der Waals surface area contributed by atoms with Crippen molar-refractivity contribution in [3.8, 4) is 44.8 Å². The van der Waals surface area contributed by atoms with Crippen LogP contribution in [0.4, 0.5) is 0 Å². The lowest BCUT2D eigenvalue weighted by molar-refractivity contribution is 0.668. The van der Waals surface area contributed by atoms with Crippen LogP contribution in [0.15, 0.2) is 168 Å². The van der Waals surface area contributed by atoms with Crippen molar-refractivity contribution in [3.63, 3.8) is 0 Å². The Labute approximate surface area is 379 Å². The zero-order valence-corrected chi connectivity index (χ0v) is 37.4. The van der Waals surface area contributed by atoms with Crippen molar-refractivity contribution in [3.05, 3.63) is 164 Å². The summed E-state index contributed by atoms with van der Waals surface area (Å²) in [4.78, 5) is 0. The standard InChI is InChI=1S/C54H41B7N2O/c55-46-43(47(56)51(60)53-44(46)45-48(57)49(58)50(59)52(61)54(45)63(53)34-21-23-37-36-13-7-8-14-41(36)64-42(37)27-34)32-18-24-39-38(25-32)35-22-17-31(29-11-5-2-6-12-29)26-40(35)62(39)33-19-15-30(16-20-33)28-9-3-1-4-10-28/h1-27H,55-61H2. The minimum absolute atomic E-state index is 0.908. The summed E-state index contributed by atoms with van der Waals surface area (Å²) in [5.74, 6) is 0. The van der Waals surface area contributed by atoms with Crippen molar-refractivity contribution in [2.75, 3.05) is 0 Å². The Morgan fingerprint density at radius 1 is 0.312 bits per heavy atom. The molecule has 0 amide bonds. The van der Waals surface area contributed by atoms with Crippen molar-refractivity contribution in [1.29, 1.82) is 0 Å². The largest absolute Gasteiger partial charge is 0.456 e. The summed E-state index contributed by atoms with van der Waals surface area (Å²) in [5, 5.41) is 7.45. The van der Waals surface area contributed by atoms with Crippen molar-refractivity contribution >= 4 is 159 Å². The molecule has 0 N–H and O–H groups in total. The van der Waals surface area contributed by atoms with Gasteiger partial charge in [-0.05, 0) is 87.3 Å². The van der Waals surface area contributed by atoms with Gasteiger partial charge in [0.1, 0.15) is 66.1 Å². The molecule has 0 atom stereocenters. The fourth-order valence-corrected chi connectivity index (χ4v) is 11.0. The maximum Gasteiger partial charge on any atom is 0.141 e. The quantitative estimate of drug-likeness (QED) is 0.246. The zero-order valence-electron chi connectivity index (χ0n) is 37.4. The number of aromatic nitrogens is 2. The Morgan fingerprint density at radius 2 is 0.859 bits per heavy atom. The van der Waals surface area contributed by atoms with E-state index in [0.717, 1.165) is 33.3 Å². The van der Waals surface area contributed by atoms with Gasteiger partial charge in [0.15, 0.2) is 0 Å². The molecule has 0 fully saturated rings. The molecule has 64 heavy (non-hydrogen) atoms. The minimum atomic E-state index is 0.908. The summed E-state index contributed by atoms with van der Waals surface area (Å²) in [6.45, 7) is 0. The Kier molecular flexibility index (Phi) is 8.69. The number of rotatable bonds is 5. The number of nitrogens with zero attached hydrogens (tertiary/aromatic N) is 2. The first-order valence-corrected chi connectivity index (χ1v) is 22.4. The van der Waals surface area contributed by atoms with Crippen LogP contribution in [-0.4, -0.2) is 64.1 Å². The van der Waals surface area contributed by atoms with Crippen LogP contribution in [0.1, 0.15) is 0 Å². The first kappa shape index (κ1) is 38.5. The molecule has 0 spiro atoms. The van der Waals surface area contributed by atoms with E-state index in [9.17, 15) is 0 Å². The second-order valence-corrected chi connectivity index (χ2v) is 17.9. The van der Waals surface area contributed by atoms with Crippen LogP contribution in [-0.2, 0) is 0 Å². The second kappa shape index (κ2) is 14.4. The molecule has 0 aliphatic carbocycles. The van der Waals surface area contributed by atoms with Crippen LogP contribution in [0.5, 0.6) is 0 Å². The summed E-state index contributed by atoms with van der Waals surface area (Å²) in [6, 6.07) is 59.7. The molecule has 0 aliphatic heterocycles. The van der Waals surface area contributed by atoms with Crippen molar-refractivity contribution < 1.29 is 4.42 Å². The molecule has 3 heterocycles. The van der Waals surface area contributed by atoms with Crippen LogP contribution in [0.2, 0.25) is 0 Å². The highest BCUT2D eigenvalue weighted by atomic mass is 16.3. The van der Waals surface area contributed by atoms with Crippen LogP contribution < -0.4 is 38.2 Å². The van der Waals surface area contributed by atoms with Gasteiger partial charge in [0.25, 0.3) is 0 Å². The number of hydrogen-bond acceptors (Lipinski definition) is 1. The number of fused-ring (bicyclic) bond motifs is 9. The lowest BCUT2D eigenvalue weighted by Crippen LogP contribution is -2.48. The first-order chi connectivity index (χ1) is 31.2. The van der Waals surface area contributed by atoms with E-state index in [-0.39, 0.29) is 0 Å². The number of furan rings is 1. The Morgan fingerprint density at radius 3 is 1.59 bits per heavy atom. The lowest BCUT2D eigenvalue weighted by Gasteiger charge is -2.19. The van der Waals surface area contributed by atoms with Gasteiger partial charge in [-0.2, -0.15) is 0 Å². The molecule has 3 nitrogen and oxygen atoms in total. The predicted octanol–water partition coefficient (Wildman–Crippen LogP) is 2.59. The lowest BCUT2D eigenvalue weighted by atomic mass is 9.64. The first-order valence-electron chi connectivity index (χ1n) is 22.4. The summed E-state index contributed by atoms with van der Waals surface area (Å²) >= 11 is 0. The molecule has 3 aromatic heterocycles. The number of hydrogen-bond donors (Lipinski definition) is 0. The Bertz CT molecular complexity index is 3910. The highest BCUT2D eigenvalue weighted by molar-refractivity contribution is 6.69. The maximum atomic E-state index is 6.50. The summed E-state index contributed by atoms with van der Waals surface area (Å²) in [6.07, 6.45) is 0. The van der Waals surface area contributed by atoms with E-state index in [1.807, 2.05) is 6.07 Å². The molecule has 0 bridgehead atoms. The summed E-state index contributed by atoms with van der Waals surface area (Å²) in [5.41, 5.74) is 25.7. The highest BCUT2D eigenvalue weighted by Gasteiger charge is 2.26. The predicted molar refractivity (Wildman–Crippen MR) is 296 cm³/mol. The molecule has 0 radical (unpaired) electrons. The molecule has 0 saturated heterocycles. The van der Waals surface area contributed by atoms with Gasteiger partial charge in [-0.3, -0.25) is 0 Å². The molecule has 12 aromatic rings. The fourth-order valence-electron chi connectivity index (χ4n) is 11.0. The van der Waals surface area contributed by atoms with Gasteiger partial charge in [0.2, 0.25) is 0 Å².